The maximum atomic E-state index is 10.3. The van der Waals surface area contributed by atoms with Gasteiger partial charge in [0, 0.05) is 0 Å². The van der Waals surface area contributed by atoms with E-state index in [1.54, 1.807) is 0 Å². The third-order valence-electron chi connectivity index (χ3n) is 3.15. The van der Waals surface area contributed by atoms with Crippen molar-refractivity contribution in [3.05, 3.63) is 0 Å². The number of rotatable bonds is 11. The fraction of sp³-hybridized carbons (Fsp3) is 0.625. The zero-order valence-corrected chi connectivity index (χ0v) is 29.9. The van der Waals surface area contributed by atoms with Gasteiger partial charge in [-0.1, -0.05) is 0 Å². The van der Waals surface area contributed by atoms with Crippen molar-refractivity contribution >= 4 is 187 Å². The van der Waals surface area contributed by atoms with Crippen LogP contribution in [0.25, 0.3) is 0 Å². The molecule has 0 aliphatic rings. The molecule has 0 spiro atoms. The molecule has 0 radical (unpaired) electrons. The van der Waals surface area contributed by atoms with E-state index in [1.165, 1.54) is 6.92 Å². The summed E-state index contributed by atoms with van der Waals surface area (Å²) in [4.78, 5) is 58.6. The van der Waals surface area contributed by atoms with Crippen LogP contribution in [0, 0.1) is 0 Å². The van der Waals surface area contributed by atoms with Crippen LogP contribution in [0.15, 0.2) is 0 Å². The summed E-state index contributed by atoms with van der Waals surface area (Å²) in [6.45, 7) is 0.354. The van der Waals surface area contributed by atoms with Crippen molar-refractivity contribution < 1.29 is 112 Å². The molecule has 40 heavy (non-hydrogen) atoms. The Bertz CT molecular complexity index is 746. The van der Waals surface area contributed by atoms with E-state index in [1.807, 2.05) is 0 Å². The van der Waals surface area contributed by atoms with Crippen molar-refractivity contribution in [1.29, 1.82) is 0 Å². The van der Waals surface area contributed by atoms with Crippen molar-refractivity contribution in [1.82, 2.24) is 0 Å². The molecule has 0 fully saturated rings. The summed E-state index contributed by atoms with van der Waals surface area (Å²) in [6, 6.07) is 0. The Morgan fingerprint density at radius 2 is 0.925 bits per heavy atom. The summed E-state index contributed by atoms with van der Waals surface area (Å²) in [5.74, 6) is -7.93. The number of carbonyl (C=O) groups is 6. The molecule has 0 aliphatic heterocycles. The Morgan fingerprint density at radius 1 is 0.650 bits per heavy atom. The molecule has 0 aromatic carbocycles. The summed E-state index contributed by atoms with van der Waals surface area (Å²) in [7, 11) is 0. The maximum absolute atomic E-state index is 10.3. The Kier molecular flexibility index (Phi) is 50.4. The van der Waals surface area contributed by atoms with Crippen LogP contribution in [0.5, 0.6) is 0 Å². The number of aliphatic carboxylic acids is 5. The van der Waals surface area contributed by atoms with Gasteiger partial charge in [0.25, 0.3) is 0 Å². The van der Waals surface area contributed by atoms with E-state index in [2.05, 4.69) is 0 Å². The van der Waals surface area contributed by atoms with E-state index in [0.717, 1.165) is 0 Å². The van der Waals surface area contributed by atoms with E-state index >= 15 is 0 Å². The fourth-order valence-electron chi connectivity index (χ4n) is 1.38. The summed E-state index contributed by atoms with van der Waals surface area (Å²) < 4.78 is 0. The van der Waals surface area contributed by atoms with Crippen molar-refractivity contribution in [2.24, 2.45) is 0 Å². The van der Waals surface area contributed by atoms with Gasteiger partial charge in [-0.3, -0.25) is 9.59 Å². The van der Waals surface area contributed by atoms with E-state index < -0.39 is 91.6 Å². The van der Waals surface area contributed by atoms with Gasteiger partial charge in [-0.2, -0.15) is 0 Å². The average Bonchev–Trinajstić information content (AvgIpc) is 2.70. The Hall–Kier alpha value is 1.38. The van der Waals surface area contributed by atoms with Crippen LogP contribution in [-0.2, 0) is 24.0 Å². The van der Waals surface area contributed by atoms with Crippen LogP contribution in [0.4, 0.5) is 4.79 Å². The minimum atomic E-state index is -2.74. The van der Waals surface area contributed by atoms with Gasteiger partial charge in [-0.05, 0) is 6.92 Å². The van der Waals surface area contributed by atoms with E-state index in [4.69, 9.17) is 76.3 Å². The van der Waals surface area contributed by atoms with E-state index in [9.17, 15) is 24.0 Å². The Labute approximate surface area is 356 Å². The second kappa shape index (κ2) is 33.3. The molecule has 0 heterocycles. The van der Waals surface area contributed by atoms with Gasteiger partial charge in [-0.25, -0.2) is 19.2 Å². The summed E-state index contributed by atoms with van der Waals surface area (Å²) in [6.07, 6.45) is -13.2. The van der Waals surface area contributed by atoms with Crippen molar-refractivity contribution in [3.63, 3.8) is 0 Å². The summed E-state index contributed by atoms with van der Waals surface area (Å²) >= 11 is 0. The van der Waals surface area contributed by atoms with Gasteiger partial charge in [0.2, 0.25) is 0 Å². The first-order chi connectivity index (χ1) is 16.1. The summed E-state index contributed by atoms with van der Waals surface area (Å²) in [5, 5.41) is 115. The summed E-state index contributed by atoms with van der Waals surface area (Å²) in [5.41, 5.74) is -2.74. The number of aliphatic hydroxyl groups is 7. The molecule has 0 saturated heterocycles. The minimum absolute atomic E-state index is 0. The van der Waals surface area contributed by atoms with Gasteiger partial charge in [-0.15, -0.1) is 0 Å². The van der Waals surface area contributed by atoms with Crippen LogP contribution < -0.4 is 0 Å². The van der Waals surface area contributed by atoms with Gasteiger partial charge in [0.05, 0.1) is 19.4 Å². The average molecular weight is 709 g/mol. The standard InChI is InChI=1S/C6H8O7.C6H12O7.C3H6O3.CH2O3.4Ca.8H/c7-3(8)1-6(13,5(11)12)2-4(9)10;7-1-2(8)3(9)4(10)5(11)6(12)13;1-2(4)3(5)6;2-1(3)4;;;;;;;;;;;;/h13H,1-2H2,(H,7,8)(H,9,10)(H,11,12);2-5,7-11H,1H2,(H,12,13);2,4H,1H3,(H,5,6);(H2,2,3,4);;;;;;;;;;;;/q;;;;4*+2;8*-1. The normalized spacial score (nSPS) is 12.8. The van der Waals surface area contributed by atoms with Gasteiger partial charge >= 0.3 is 187 Å². The zero-order chi connectivity index (χ0) is 30.0. The predicted molar refractivity (Wildman–Crippen MR) is 138 cm³/mol. The second-order valence-electron chi connectivity index (χ2n) is 6.29. The topological polar surface area (TPSA) is 386 Å². The molecule has 228 valence electrons. The molecule has 0 rings (SSSR count). The predicted octanol–water partition coefficient (Wildman–Crippen LogP) is -5.69. The first kappa shape index (κ1) is 60.6. The first-order valence-electron chi connectivity index (χ1n) is 8.85. The van der Waals surface area contributed by atoms with Crippen LogP contribution in [-0.4, -0.2) is 301 Å². The molecule has 0 aromatic rings. The minimum Gasteiger partial charge on any atom is -1.00 e. The second-order valence-corrected chi connectivity index (χ2v) is 6.29. The van der Waals surface area contributed by atoms with E-state index in [0.29, 0.717) is 0 Å². The Balaban J connectivity index is -0.0000000200. The molecule has 5 unspecified atom stereocenters. The maximum Gasteiger partial charge on any atom is 2.00 e. The molecule has 0 saturated carbocycles. The largest absolute Gasteiger partial charge is 2.00 e. The number of carboxylic acids is 5. The van der Waals surface area contributed by atoms with Crippen LogP contribution in [0.3, 0.4) is 0 Å². The molecular weight excluding hydrogens is 672 g/mol. The molecule has 0 aliphatic carbocycles. The van der Waals surface area contributed by atoms with Gasteiger partial charge in [0.1, 0.15) is 24.4 Å². The zero-order valence-electron chi connectivity index (χ0n) is 29.0. The quantitative estimate of drug-likeness (QED) is 0.0889. The first-order valence-corrected chi connectivity index (χ1v) is 8.85. The van der Waals surface area contributed by atoms with Crippen molar-refractivity contribution in [3.8, 4) is 0 Å². The third-order valence-corrected chi connectivity index (χ3v) is 3.15. The SMILES string of the molecule is CC(O)C(=O)O.O=C(O)C(O)C(O)C(O)C(O)CO.O=C(O)CC(O)(CC(=O)O)C(=O)O.O=C(O)O.[Ca+2].[Ca+2].[Ca+2].[Ca+2].[H-].[H-].[H-].[H-].[H-].[H-].[H-].[H-]. The number of aliphatic hydroxyl groups excluding tert-OH is 6. The number of hydrogen-bond donors (Lipinski definition) is 14. The molecular formula is C16H36Ca4O20. The molecule has 0 amide bonds. The number of hydrogen-bond acceptors (Lipinski definition) is 13. The monoisotopic (exact) mass is 708 g/mol. The Morgan fingerprint density at radius 3 is 1.07 bits per heavy atom. The molecule has 14 N–H and O–H groups in total. The van der Waals surface area contributed by atoms with Gasteiger partial charge < -0.3 is 82.9 Å². The van der Waals surface area contributed by atoms with Crippen LogP contribution >= 0.6 is 0 Å². The molecule has 24 heteroatoms. The van der Waals surface area contributed by atoms with Crippen molar-refractivity contribution in [2.45, 2.75) is 55.9 Å². The van der Waals surface area contributed by atoms with Crippen molar-refractivity contribution in [2.75, 3.05) is 6.61 Å². The smallest absolute Gasteiger partial charge is 1.00 e. The number of carboxylic acid groups (broad SMARTS) is 7. The fourth-order valence-corrected chi connectivity index (χ4v) is 1.38. The molecule has 5 atom stereocenters. The van der Waals surface area contributed by atoms with E-state index in [-0.39, 0.29) is 162 Å². The third kappa shape index (κ3) is 37.4. The van der Waals surface area contributed by atoms with Gasteiger partial charge in [0.15, 0.2) is 11.7 Å². The van der Waals surface area contributed by atoms with Crippen LogP contribution in [0.1, 0.15) is 31.2 Å². The molecule has 0 bridgehead atoms. The molecule has 20 nitrogen and oxygen atoms in total. The molecule has 0 aromatic heterocycles. The van der Waals surface area contributed by atoms with Crippen LogP contribution in [0.2, 0.25) is 0 Å².